The molecule has 4 amide bonds. The summed E-state index contributed by atoms with van der Waals surface area (Å²) in [6.45, 7) is 3.43. The van der Waals surface area contributed by atoms with Gasteiger partial charge in [-0.25, -0.2) is 9.69 Å². The van der Waals surface area contributed by atoms with Gasteiger partial charge in [0.25, 0.3) is 5.91 Å². The number of imide groups is 1. The van der Waals surface area contributed by atoms with Crippen molar-refractivity contribution in [1.29, 1.82) is 0 Å². The van der Waals surface area contributed by atoms with Crippen molar-refractivity contribution in [3.63, 3.8) is 0 Å². The molecule has 0 aromatic heterocycles. The minimum atomic E-state index is -1.33. The zero-order chi connectivity index (χ0) is 21.9. The first-order valence-corrected chi connectivity index (χ1v) is 9.51. The SMILES string of the molecule is COc1ccc([C@]2(C)NC(=O)N([C@@H](C)C(=O)NCc3ccccc3)C2=O)cc1OC. The zero-order valence-electron chi connectivity index (χ0n) is 17.4. The van der Waals surface area contributed by atoms with Crippen LogP contribution in [-0.2, 0) is 21.7 Å². The molecule has 1 aliphatic rings. The van der Waals surface area contributed by atoms with Gasteiger partial charge in [0.05, 0.1) is 14.2 Å². The summed E-state index contributed by atoms with van der Waals surface area (Å²) in [6, 6.07) is 12.8. The standard InChI is InChI=1S/C22H25N3O5/c1-14(19(26)23-13-15-8-6-5-7-9-15)25-20(27)22(2,24-21(25)28)16-10-11-17(29-3)18(12-16)30-4/h5-12,14H,13H2,1-4H3,(H,23,26)(H,24,28)/t14-,22-/m0/s1. The number of nitrogens with one attached hydrogen (secondary N) is 2. The number of hydrogen-bond acceptors (Lipinski definition) is 5. The van der Waals surface area contributed by atoms with Crippen molar-refractivity contribution in [2.45, 2.75) is 32.0 Å². The third-order valence-electron chi connectivity index (χ3n) is 5.26. The van der Waals surface area contributed by atoms with Gasteiger partial charge in [-0.3, -0.25) is 9.59 Å². The Morgan fingerprint density at radius 1 is 1.10 bits per heavy atom. The van der Waals surface area contributed by atoms with Gasteiger partial charge in [0, 0.05) is 6.54 Å². The molecule has 0 radical (unpaired) electrons. The number of methoxy groups -OCH3 is 2. The normalized spacial score (nSPS) is 19.3. The molecular formula is C22H25N3O5. The van der Waals surface area contributed by atoms with E-state index in [1.807, 2.05) is 30.3 Å². The second kappa shape index (κ2) is 8.44. The summed E-state index contributed by atoms with van der Waals surface area (Å²) in [7, 11) is 3.00. The molecule has 3 rings (SSSR count). The molecule has 1 saturated heterocycles. The number of amides is 4. The summed E-state index contributed by atoms with van der Waals surface area (Å²) in [4.78, 5) is 39.4. The Kier molecular flexibility index (Phi) is 5.96. The first kappa shape index (κ1) is 21.2. The number of carbonyl (C=O) groups excluding carboxylic acids is 3. The Bertz CT molecular complexity index is 963. The highest BCUT2D eigenvalue weighted by molar-refractivity contribution is 6.10. The molecule has 1 aliphatic heterocycles. The van der Waals surface area contributed by atoms with Gasteiger partial charge in [-0.1, -0.05) is 36.4 Å². The van der Waals surface area contributed by atoms with Crippen molar-refractivity contribution in [3.05, 3.63) is 59.7 Å². The number of benzene rings is 2. The highest BCUT2D eigenvalue weighted by atomic mass is 16.5. The molecule has 2 atom stereocenters. The van der Waals surface area contributed by atoms with Crippen LogP contribution in [0.1, 0.15) is 25.0 Å². The molecule has 0 spiro atoms. The van der Waals surface area contributed by atoms with Crippen LogP contribution in [0.3, 0.4) is 0 Å². The van der Waals surface area contributed by atoms with Gasteiger partial charge in [0.2, 0.25) is 5.91 Å². The Balaban J connectivity index is 1.78. The lowest BCUT2D eigenvalue weighted by Gasteiger charge is -2.25. The van der Waals surface area contributed by atoms with Crippen molar-refractivity contribution in [1.82, 2.24) is 15.5 Å². The number of hydrogen-bond donors (Lipinski definition) is 2. The predicted molar refractivity (Wildman–Crippen MR) is 110 cm³/mol. The maximum absolute atomic E-state index is 13.2. The quantitative estimate of drug-likeness (QED) is 0.681. The molecule has 0 saturated carbocycles. The number of urea groups is 1. The summed E-state index contributed by atoms with van der Waals surface area (Å²) in [5, 5.41) is 5.47. The number of carbonyl (C=O) groups is 3. The zero-order valence-corrected chi connectivity index (χ0v) is 17.4. The average molecular weight is 411 g/mol. The van der Waals surface area contributed by atoms with Crippen molar-refractivity contribution < 1.29 is 23.9 Å². The lowest BCUT2D eigenvalue weighted by atomic mass is 9.91. The van der Waals surface area contributed by atoms with Gasteiger partial charge in [-0.2, -0.15) is 0 Å². The fourth-order valence-electron chi connectivity index (χ4n) is 3.41. The van der Waals surface area contributed by atoms with Crippen LogP contribution in [0.25, 0.3) is 0 Å². The van der Waals surface area contributed by atoms with Crippen LogP contribution in [0.15, 0.2) is 48.5 Å². The molecule has 0 bridgehead atoms. The Labute approximate surface area is 175 Å². The van der Waals surface area contributed by atoms with Gasteiger partial charge in [0.15, 0.2) is 11.5 Å². The van der Waals surface area contributed by atoms with E-state index in [2.05, 4.69) is 10.6 Å². The molecule has 2 aromatic rings. The molecule has 0 unspecified atom stereocenters. The maximum atomic E-state index is 13.2. The van der Waals surface area contributed by atoms with E-state index >= 15 is 0 Å². The summed E-state index contributed by atoms with van der Waals surface area (Å²) in [6.07, 6.45) is 0. The molecule has 8 heteroatoms. The van der Waals surface area contributed by atoms with Crippen molar-refractivity contribution in [2.75, 3.05) is 14.2 Å². The molecule has 8 nitrogen and oxygen atoms in total. The monoisotopic (exact) mass is 411 g/mol. The molecule has 2 N–H and O–H groups in total. The summed E-state index contributed by atoms with van der Waals surface area (Å²) >= 11 is 0. The molecule has 1 heterocycles. The molecule has 30 heavy (non-hydrogen) atoms. The van der Waals surface area contributed by atoms with E-state index in [4.69, 9.17) is 9.47 Å². The summed E-state index contributed by atoms with van der Waals surface area (Å²) in [5.41, 5.74) is 0.119. The van der Waals surface area contributed by atoms with Crippen LogP contribution < -0.4 is 20.1 Å². The first-order valence-electron chi connectivity index (χ1n) is 9.51. The smallest absolute Gasteiger partial charge is 0.326 e. The highest BCUT2D eigenvalue weighted by Gasteiger charge is 2.52. The molecule has 2 aromatic carbocycles. The van der Waals surface area contributed by atoms with Crippen molar-refractivity contribution in [3.8, 4) is 11.5 Å². The van der Waals surface area contributed by atoms with Crippen LogP contribution in [-0.4, -0.2) is 43.0 Å². The fraction of sp³-hybridized carbons (Fsp3) is 0.318. The third-order valence-corrected chi connectivity index (χ3v) is 5.26. The summed E-state index contributed by atoms with van der Waals surface area (Å²) < 4.78 is 10.5. The summed E-state index contributed by atoms with van der Waals surface area (Å²) in [5.74, 6) is 0.0125. The molecule has 158 valence electrons. The Hall–Kier alpha value is -3.55. The van der Waals surface area contributed by atoms with E-state index in [0.717, 1.165) is 10.5 Å². The van der Waals surface area contributed by atoms with E-state index in [9.17, 15) is 14.4 Å². The second-order valence-electron chi connectivity index (χ2n) is 7.18. The second-order valence-corrected chi connectivity index (χ2v) is 7.18. The average Bonchev–Trinajstić information content (AvgIpc) is 3.00. The van der Waals surface area contributed by atoms with Crippen LogP contribution in [0.4, 0.5) is 4.79 Å². The Morgan fingerprint density at radius 3 is 2.40 bits per heavy atom. The van der Waals surface area contributed by atoms with Crippen molar-refractivity contribution >= 4 is 17.8 Å². The topological polar surface area (TPSA) is 97.0 Å². The third kappa shape index (κ3) is 3.80. The molecule has 1 fully saturated rings. The van der Waals surface area contributed by atoms with Crippen LogP contribution in [0, 0.1) is 0 Å². The lowest BCUT2D eigenvalue weighted by molar-refractivity contribution is -0.137. The van der Waals surface area contributed by atoms with Crippen LogP contribution in [0.5, 0.6) is 11.5 Å². The van der Waals surface area contributed by atoms with Gasteiger partial charge in [-0.05, 0) is 37.1 Å². The largest absolute Gasteiger partial charge is 0.493 e. The van der Waals surface area contributed by atoms with Crippen molar-refractivity contribution in [2.24, 2.45) is 0 Å². The van der Waals surface area contributed by atoms with Crippen LogP contribution >= 0.6 is 0 Å². The number of ether oxygens (including phenoxy) is 2. The molecular weight excluding hydrogens is 386 g/mol. The van der Waals surface area contributed by atoms with E-state index in [1.54, 1.807) is 25.1 Å². The van der Waals surface area contributed by atoms with Crippen LogP contribution in [0.2, 0.25) is 0 Å². The van der Waals surface area contributed by atoms with Gasteiger partial charge < -0.3 is 20.1 Å². The minimum Gasteiger partial charge on any atom is -0.493 e. The number of nitrogens with zero attached hydrogens (tertiary/aromatic N) is 1. The van der Waals surface area contributed by atoms with Gasteiger partial charge in [0.1, 0.15) is 11.6 Å². The molecule has 0 aliphatic carbocycles. The van der Waals surface area contributed by atoms with Gasteiger partial charge in [-0.15, -0.1) is 0 Å². The van der Waals surface area contributed by atoms with E-state index in [1.165, 1.54) is 21.1 Å². The first-order chi connectivity index (χ1) is 14.3. The van der Waals surface area contributed by atoms with E-state index in [0.29, 0.717) is 23.6 Å². The van der Waals surface area contributed by atoms with E-state index < -0.39 is 29.4 Å². The maximum Gasteiger partial charge on any atom is 0.326 e. The van der Waals surface area contributed by atoms with Gasteiger partial charge >= 0.3 is 6.03 Å². The fourth-order valence-corrected chi connectivity index (χ4v) is 3.41. The predicted octanol–water partition coefficient (Wildman–Crippen LogP) is 2.18. The lowest BCUT2D eigenvalue weighted by Crippen LogP contribution is -2.49. The highest BCUT2D eigenvalue weighted by Crippen LogP contribution is 2.35. The van der Waals surface area contributed by atoms with E-state index in [-0.39, 0.29) is 0 Å². The Morgan fingerprint density at radius 2 is 1.77 bits per heavy atom. The minimum absolute atomic E-state index is 0.306. The number of rotatable bonds is 7.